The maximum atomic E-state index is 16.9. The highest BCUT2D eigenvalue weighted by molar-refractivity contribution is 5.83. The normalized spacial score (nSPS) is 12.8. The highest BCUT2D eigenvalue weighted by atomic mass is 19.1. The number of benzene rings is 7. The van der Waals surface area contributed by atoms with E-state index in [1.807, 2.05) is 16.8 Å². The first-order valence-electron chi connectivity index (χ1n) is 34.0. The smallest absolute Gasteiger partial charge is 0.158 e. The fourth-order valence-corrected chi connectivity index (χ4v) is 11.8. The highest BCUT2D eigenvalue weighted by Crippen LogP contribution is 2.38. The fourth-order valence-electron chi connectivity index (χ4n) is 11.8. The van der Waals surface area contributed by atoms with Crippen LogP contribution >= 0.6 is 0 Å². The molecular weight excluding hydrogens is 1090 g/mol. The number of nitrogens with zero attached hydrogens (tertiary/aromatic N) is 3. The second kappa shape index (κ2) is 35.1. The summed E-state index contributed by atoms with van der Waals surface area (Å²) in [6, 6.07) is 52.5. The van der Waals surface area contributed by atoms with Gasteiger partial charge in [0.15, 0.2) is 11.6 Å². The van der Waals surface area contributed by atoms with Gasteiger partial charge in [-0.25, -0.2) is 14.1 Å². The Hall–Kier alpha value is -7.19. The SMILES string of the molecule is CCCCC(CC)COc1ccc(-c2cc(Cn3nc(CCC)nc3-c3ccc(F)c(-c4cc(-c5ccc(OCC(CC)CCCC)cc5)cc(-c5ccc(OCC(CC)CCCC)cc5)c4)c3)cc(-c3ccc(OCC(CC)CCCC)cc3)c2)cc1. The van der Waals surface area contributed by atoms with Crippen LogP contribution in [0.3, 0.4) is 0 Å². The van der Waals surface area contributed by atoms with Crippen molar-refractivity contribution < 1.29 is 23.3 Å². The lowest BCUT2D eigenvalue weighted by molar-refractivity contribution is 0.233. The lowest BCUT2D eigenvalue weighted by Crippen LogP contribution is -2.11. The summed E-state index contributed by atoms with van der Waals surface area (Å²) in [4.78, 5) is 5.23. The van der Waals surface area contributed by atoms with Crippen molar-refractivity contribution in [2.24, 2.45) is 23.7 Å². The quantitative estimate of drug-likeness (QED) is 0.0384. The largest absolute Gasteiger partial charge is 0.493 e. The molecule has 1 aromatic heterocycles. The molecule has 0 saturated heterocycles. The van der Waals surface area contributed by atoms with Gasteiger partial charge in [0, 0.05) is 17.5 Å². The molecule has 7 aromatic carbocycles. The average Bonchev–Trinajstić information content (AvgIpc) is 1.75. The molecule has 0 saturated carbocycles. The van der Waals surface area contributed by atoms with Crippen LogP contribution in [0, 0.1) is 29.5 Å². The molecule has 0 bridgehead atoms. The molecule has 8 aromatic rings. The van der Waals surface area contributed by atoms with E-state index in [0.717, 1.165) is 135 Å². The van der Waals surface area contributed by atoms with E-state index in [0.29, 0.717) is 61.2 Å². The van der Waals surface area contributed by atoms with Crippen LogP contribution in [0.1, 0.15) is 183 Å². The molecule has 0 amide bonds. The van der Waals surface area contributed by atoms with Gasteiger partial charge in [0.25, 0.3) is 0 Å². The summed E-state index contributed by atoms with van der Waals surface area (Å²) in [5, 5.41) is 5.21. The molecular formula is C80H102FN3O4. The van der Waals surface area contributed by atoms with E-state index in [4.69, 9.17) is 29.0 Å². The molecule has 0 N–H and O–H groups in total. The van der Waals surface area contributed by atoms with Gasteiger partial charge in [0.1, 0.15) is 28.8 Å². The minimum absolute atomic E-state index is 0.310. The zero-order valence-electron chi connectivity index (χ0n) is 54.9. The lowest BCUT2D eigenvalue weighted by Gasteiger charge is -2.17. The Morgan fingerprint density at radius 1 is 0.364 bits per heavy atom. The van der Waals surface area contributed by atoms with Crippen LogP contribution in [-0.2, 0) is 13.0 Å². The number of ether oxygens (including phenoxy) is 4. The Morgan fingerprint density at radius 2 is 0.693 bits per heavy atom. The lowest BCUT2D eigenvalue weighted by atomic mass is 9.92. The van der Waals surface area contributed by atoms with Gasteiger partial charge in [-0.1, -0.05) is 188 Å². The minimum Gasteiger partial charge on any atom is -0.493 e. The molecule has 8 rings (SSSR count). The summed E-state index contributed by atoms with van der Waals surface area (Å²) in [5.41, 5.74) is 11.5. The summed E-state index contributed by atoms with van der Waals surface area (Å²) < 4.78 is 44.4. The highest BCUT2D eigenvalue weighted by Gasteiger charge is 2.20. The van der Waals surface area contributed by atoms with Crippen molar-refractivity contribution >= 4 is 0 Å². The second-order valence-electron chi connectivity index (χ2n) is 24.7. The summed E-state index contributed by atoms with van der Waals surface area (Å²) in [7, 11) is 0. The summed E-state index contributed by atoms with van der Waals surface area (Å²) >= 11 is 0. The molecule has 1 heterocycles. The van der Waals surface area contributed by atoms with E-state index in [1.54, 1.807) is 6.07 Å². The van der Waals surface area contributed by atoms with E-state index in [9.17, 15) is 0 Å². The standard InChI is InChI=1S/C80H102FN3O4/c1-10-19-24-58(15-6)54-85-73-37-28-63(29-38-73)68-46-62(47-69(48-68)64-30-39-74(40-31-64)86-55-59(16-7)25-20-11-2)53-84-80(82-79(83-84)23-14-5)67-36-45-78(81)77(52-67)72-50-70(65-32-41-75(42-33-65)87-56-60(17-8)26-21-12-3)49-71(51-72)66-34-43-76(44-35-66)88-57-61(18-9)27-22-13-4/h28-52,58-61H,10-27,53-57H2,1-9H3. The molecule has 0 aliphatic rings. The molecule has 88 heavy (non-hydrogen) atoms. The summed E-state index contributed by atoms with van der Waals surface area (Å²) in [6.07, 6.45) is 20.4. The number of unbranched alkanes of at least 4 members (excludes halogenated alkanes) is 4. The van der Waals surface area contributed by atoms with E-state index in [1.165, 1.54) is 77.0 Å². The third kappa shape index (κ3) is 19.4. The zero-order valence-corrected chi connectivity index (χ0v) is 54.9. The Morgan fingerprint density at radius 3 is 1.02 bits per heavy atom. The second-order valence-corrected chi connectivity index (χ2v) is 24.7. The molecule has 4 unspecified atom stereocenters. The maximum absolute atomic E-state index is 16.9. The van der Waals surface area contributed by atoms with Crippen LogP contribution in [-0.4, -0.2) is 41.2 Å². The van der Waals surface area contributed by atoms with E-state index >= 15 is 4.39 Å². The fraction of sp³-hybridized carbons (Fsp3) is 0.450. The Kier molecular flexibility index (Phi) is 26.6. The van der Waals surface area contributed by atoms with Crippen LogP contribution in [0.2, 0.25) is 0 Å². The first-order chi connectivity index (χ1) is 43.1. The van der Waals surface area contributed by atoms with Crippen molar-refractivity contribution in [1.29, 1.82) is 0 Å². The van der Waals surface area contributed by atoms with Crippen LogP contribution in [0.15, 0.2) is 152 Å². The van der Waals surface area contributed by atoms with Gasteiger partial charge >= 0.3 is 0 Å². The number of hydrogen-bond donors (Lipinski definition) is 0. The minimum atomic E-state index is -0.310. The van der Waals surface area contributed by atoms with Crippen LogP contribution < -0.4 is 18.9 Å². The van der Waals surface area contributed by atoms with Gasteiger partial charge in [0.2, 0.25) is 0 Å². The Bertz CT molecular complexity index is 3150. The molecule has 0 spiro atoms. The van der Waals surface area contributed by atoms with E-state index in [-0.39, 0.29) is 5.82 Å². The van der Waals surface area contributed by atoms with Crippen LogP contribution in [0.25, 0.3) is 67.0 Å². The Balaban J connectivity index is 1.15. The van der Waals surface area contributed by atoms with Gasteiger partial charge < -0.3 is 18.9 Å². The van der Waals surface area contributed by atoms with Gasteiger partial charge in [-0.3, -0.25) is 0 Å². The van der Waals surface area contributed by atoms with Crippen molar-refractivity contribution in [1.82, 2.24) is 14.8 Å². The topological polar surface area (TPSA) is 67.6 Å². The van der Waals surface area contributed by atoms with Crippen LogP contribution in [0.4, 0.5) is 4.39 Å². The third-order valence-electron chi connectivity index (χ3n) is 17.8. The molecule has 4 atom stereocenters. The predicted octanol–water partition coefficient (Wildman–Crippen LogP) is 22.8. The monoisotopic (exact) mass is 1190 g/mol. The maximum Gasteiger partial charge on any atom is 0.158 e. The molecule has 0 aliphatic carbocycles. The first kappa shape index (κ1) is 66.8. The zero-order chi connectivity index (χ0) is 62.0. The number of aromatic nitrogens is 3. The predicted molar refractivity (Wildman–Crippen MR) is 367 cm³/mol. The number of rotatable bonds is 38. The van der Waals surface area contributed by atoms with Crippen molar-refractivity contribution in [3.63, 3.8) is 0 Å². The summed E-state index contributed by atoms with van der Waals surface area (Å²) in [5.74, 6) is 6.78. The van der Waals surface area contributed by atoms with Gasteiger partial charge in [-0.15, -0.1) is 0 Å². The molecule has 0 aliphatic heterocycles. The molecule has 7 nitrogen and oxygen atoms in total. The summed E-state index contributed by atoms with van der Waals surface area (Å²) in [6.45, 7) is 23.5. The van der Waals surface area contributed by atoms with Gasteiger partial charge in [-0.2, -0.15) is 5.10 Å². The first-order valence-corrected chi connectivity index (χ1v) is 34.0. The van der Waals surface area contributed by atoms with Crippen molar-refractivity contribution in [3.8, 4) is 90.0 Å². The molecule has 468 valence electrons. The third-order valence-corrected chi connectivity index (χ3v) is 17.8. The van der Waals surface area contributed by atoms with E-state index in [2.05, 4.69) is 196 Å². The molecule has 0 fully saturated rings. The number of hydrogen-bond acceptors (Lipinski definition) is 6. The number of halogens is 1. The van der Waals surface area contributed by atoms with Crippen LogP contribution in [0.5, 0.6) is 23.0 Å². The van der Waals surface area contributed by atoms with E-state index < -0.39 is 0 Å². The molecule has 0 radical (unpaired) electrons. The van der Waals surface area contributed by atoms with Crippen molar-refractivity contribution in [2.75, 3.05) is 26.4 Å². The van der Waals surface area contributed by atoms with Gasteiger partial charge in [0.05, 0.1) is 33.0 Å². The average molecular weight is 1190 g/mol. The Labute approximate surface area is 528 Å². The number of aryl methyl sites for hydroxylation is 1. The van der Waals surface area contributed by atoms with Gasteiger partial charge in [-0.05, 0) is 215 Å². The van der Waals surface area contributed by atoms with Crippen molar-refractivity contribution in [3.05, 3.63) is 169 Å². The molecule has 8 heteroatoms. The van der Waals surface area contributed by atoms with Crippen molar-refractivity contribution in [2.45, 2.75) is 184 Å².